The highest BCUT2D eigenvalue weighted by Crippen LogP contribution is 2.51. The summed E-state index contributed by atoms with van der Waals surface area (Å²) in [6, 6.07) is 13.8. The van der Waals surface area contributed by atoms with Gasteiger partial charge in [-0.1, -0.05) is 93.3 Å². The first-order chi connectivity index (χ1) is 17.4. The molecule has 0 spiro atoms. The van der Waals surface area contributed by atoms with Crippen LogP contribution in [0.4, 0.5) is 0 Å². The molecular weight excluding hydrogens is 624 g/mol. The van der Waals surface area contributed by atoms with Crippen molar-refractivity contribution in [2.24, 2.45) is 0 Å². The van der Waals surface area contributed by atoms with E-state index in [2.05, 4.69) is 0 Å². The maximum absolute atomic E-state index is 10.4. The summed E-state index contributed by atoms with van der Waals surface area (Å²) in [6.45, 7) is 0. The number of phenolic OH excluding ortho intramolecular Hbond substituents is 4. The Hall–Kier alpha value is -1.89. The molecule has 0 saturated carbocycles. The van der Waals surface area contributed by atoms with Crippen LogP contribution in [-0.4, -0.2) is 20.4 Å². The predicted molar refractivity (Wildman–Crippen MR) is 151 cm³/mol. The third-order valence-electron chi connectivity index (χ3n) is 5.87. The Bertz CT molecular complexity index is 1400. The van der Waals surface area contributed by atoms with E-state index in [1.165, 1.54) is 42.5 Å². The number of phenols is 4. The summed E-state index contributed by atoms with van der Waals surface area (Å²) in [5, 5.41) is 41.0. The summed E-state index contributed by atoms with van der Waals surface area (Å²) in [6.07, 6.45) is 0. The Morgan fingerprint density at radius 2 is 0.784 bits per heavy atom. The van der Waals surface area contributed by atoms with Gasteiger partial charge in [-0.15, -0.1) is 0 Å². The maximum Gasteiger partial charge on any atom is 0.152 e. The van der Waals surface area contributed by atoms with E-state index < -0.39 is 11.8 Å². The fraction of sp³-hybridized carbons (Fsp3) is 0.0769. The van der Waals surface area contributed by atoms with Crippen LogP contribution in [0.5, 0.6) is 23.0 Å². The van der Waals surface area contributed by atoms with E-state index in [0.717, 1.165) is 0 Å². The first-order valence-electron chi connectivity index (χ1n) is 10.4. The normalized spacial score (nSPS) is 12.2. The van der Waals surface area contributed by atoms with Crippen LogP contribution >= 0.6 is 81.2 Å². The molecule has 0 aliphatic carbocycles. The van der Waals surface area contributed by atoms with Crippen LogP contribution in [0.2, 0.25) is 35.2 Å². The van der Waals surface area contributed by atoms with Crippen molar-refractivity contribution in [1.82, 2.24) is 0 Å². The average Bonchev–Trinajstić information content (AvgIpc) is 2.84. The van der Waals surface area contributed by atoms with E-state index >= 15 is 0 Å². The molecule has 0 radical (unpaired) electrons. The van der Waals surface area contributed by atoms with E-state index in [4.69, 9.17) is 81.2 Å². The van der Waals surface area contributed by atoms with Gasteiger partial charge in [0.1, 0.15) is 5.75 Å². The summed E-state index contributed by atoms with van der Waals surface area (Å²) in [5.41, 5.74) is 1.93. The van der Waals surface area contributed by atoms with Crippen molar-refractivity contribution in [3.05, 3.63) is 112 Å². The van der Waals surface area contributed by atoms with Gasteiger partial charge in [0.05, 0.1) is 35.2 Å². The molecule has 0 amide bonds. The van der Waals surface area contributed by atoms with Gasteiger partial charge in [0.15, 0.2) is 17.2 Å². The molecule has 1 atom stereocenters. The zero-order valence-electron chi connectivity index (χ0n) is 18.3. The van der Waals surface area contributed by atoms with E-state index in [1.54, 1.807) is 12.1 Å². The van der Waals surface area contributed by atoms with Gasteiger partial charge in [0.25, 0.3) is 0 Å². The molecule has 0 aliphatic rings. The molecule has 4 rings (SSSR count). The van der Waals surface area contributed by atoms with Gasteiger partial charge in [-0.05, 0) is 64.7 Å². The molecular formula is C26H15Cl7O4. The predicted octanol–water partition coefficient (Wildman–Crippen LogP) is 10.0. The minimum absolute atomic E-state index is 0.0222. The molecule has 4 aromatic carbocycles. The number of aromatic hydroxyl groups is 4. The van der Waals surface area contributed by atoms with Gasteiger partial charge in [-0.25, -0.2) is 0 Å². The molecule has 1 unspecified atom stereocenters. The quantitative estimate of drug-likeness (QED) is 0.175. The summed E-state index contributed by atoms with van der Waals surface area (Å²) < 4.78 is 0. The highest BCUT2D eigenvalue weighted by molar-refractivity contribution is 6.38. The number of benzene rings is 4. The summed E-state index contributed by atoms with van der Waals surface area (Å²) >= 11 is 44.4. The summed E-state index contributed by atoms with van der Waals surface area (Å²) in [4.78, 5) is 0. The fourth-order valence-corrected chi connectivity index (χ4v) is 5.96. The number of halogens is 7. The Morgan fingerprint density at radius 1 is 0.459 bits per heavy atom. The highest BCUT2D eigenvalue weighted by atomic mass is 35.5. The lowest BCUT2D eigenvalue weighted by atomic mass is 9.73. The Morgan fingerprint density at radius 3 is 1.14 bits per heavy atom. The summed E-state index contributed by atoms with van der Waals surface area (Å²) in [7, 11) is 0. The standard InChI is InChI=1S/C26H15Cl7O4/c27-14-4-10(5-15(28)24(14)35)21(11-6-16(29)25(36)17(30)7-11)22(13-2-1-3-20(34)23(13)33)12-8-18(31)26(37)19(32)9-12/h1-9,21-22,34-37H. The summed E-state index contributed by atoms with van der Waals surface area (Å²) in [5.74, 6) is -2.62. The first kappa shape index (κ1) is 28.1. The molecule has 11 heteroatoms. The van der Waals surface area contributed by atoms with Crippen molar-refractivity contribution in [3.63, 3.8) is 0 Å². The Kier molecular flexibility index (Phi) is 8.42. The van der Waals surface area contributed by atoms with Crippen LogP contribution in [0.1, 0.15) is 34.1 Å². The second-order valence-corrected chi connectivity index (χ2v) is 11.0. The first-order valence-corrected chi connectivity index (χ1v) is 13.1. The topological polar surface area (TPSA) is 80.9 Å². The van der Waals surface area contributed by atoms with E-state index in [0.29, 0.717) is 22.3 Å². The van der Waals surface area contributed by atoms with Crippen LogP contribution in [0.3, 0.4) is 0 Å². The molecule has 0 fully saturated rings. The van der Waals surface area contributed by atoms with Crippen molar-refractivity contribution in [3.8, 4) is 23.0 Å². The smallest absolute Gasteiger partial charge is 0.152 e. The maximum atomic E-state index is 10.4. The third-order valence-corrected chi connectivity index (χ3v) is 8.01. The lowest BCUT2D eigenvalue weighted by Gasteiger charge is -2.31. The monoisotopic (exact) mass is 636 g/mol. The van der Waals surface area contributed by atoms with Crippen molar-refractivity contribution in [2.45, 2.75) is 11.8 Å². The van der Waals surface area contributed by atoms with Gasteiger partial charge in [0, 0.05) is 11.8 Å². The molecule has 4 N–H and O–H groups in total. The van der Waals surface area contributed by atoms with Crippen LogP contribution < -0.4 is 0 Å². The fourth-order valence-electron chi connectivity index (χ4n) is 4.20. The molecule has 0 bridgehead atoms. The van der Waals surface area contributed by atoms with E-state index in [1.807, 2.05) is 0 Å². The number of hydrogen-bond acceptors (Lipinski definition) is 4. The van der Waals surface area contributed by atoms with Crippen molar-refractivity contribution >= 4 is 81.2 Å². The molecule has 0 saturated heterocycles. The SMILES string of the molecule is Oc1cccc(C(c2cc(Cl)c(O)c(Cl)c2)C(c2cc(Cl)c(O)c(Cl)c2)c2cc(Cl)c(O)c(Cl)c2)c1Cl. The van der Waals surface area contributed by atoms with Crippen LogP contribution in [-0.2, 0) is 0 Å². The Labute approximate surface area is 247 Å². The molecule has 37 heavy (non-hydrogen) atoms. The molecule has 0 aromatic heterocycles. The average molecular weight is 640 g/mol. The van der Waals surface area contributed by atoms with Gasteiger partial charge in [0.2, 0.25) is 0 Å². The zero-order valence-corrected chi connectivity index (χ0v) is 23.6. The van der Waals surface area contributed by atoms with Crippen molar-refractivity contribution < 1.29 is 20.4 Å². The molecule has 0 heterocycles. The largest absolute Gasteiger partial charge is 0.506 e. The van der Waals surface area contributed by atoms with E-state index in [-0.39, 0.29) is 58.2 Å². The van der Waals surface area contributed by atoms with Gasteiger partial charge in [-0.2, -0.15) is 0 Å². The Balaban J connectivity index is 2.14. The zero-order chi connectivity index (χ0) is 27.2. The lowest BCUT2D eigenvalue weighted by molar-refractivity contribution is 0.472. The van der Waals surface area contributed by atoms with Gasteiger partial charge >= 0.3 is 0 Å². The van der Waals surface area contributed by atoms with Gasteiger partial charge < -0.3 is 20.4 Å². The highest BCUT2D eigenvalue weighted by Gasteiger charge is 2.33. The minimum atomic E-state index is -0.761. The van der Waals surface area contributed by atoms with Crippen LogP contribution in [0.25, 0.3) is 0 Å². The number of hydrogen-bond donors (Lipinski definition) is 4. The molecule has 4 aromatic rings. The van der Waals surface area contributed by atoms with Crippen LogP contribution in [0, 0.1) is 0 Å². The number of rotatable bonds is 5. The molecule has 192 valence electrons. The van der Waals surface area contributed by atoms with Crippen molar-refractivity contribution in [1.29, 1.82) is 0 Å². The minimum Gasteiger partial charge on any atom is -0.506 e. The van der Waals surface area contributed by atoms with Crippen molar-refractivity contribution in [2.75, 3.05) is 0 Å². The van der Waals surface area contributed by atoms with E-state index in [9.17, 15) is 20.4 Å². The second-order valence-electron chi connectivity index (χ2n) is 8.14. The second kappa shape index (κ2) is 11.1. The van der Waals surface area contributed by atoms with Crippen LogP contribution in [0.15, 0.2) is 54.6 Å². The lowest BCUT2D eigenvalue weighted by Crippen LogP contribution is -2.16. The molecule has 4 nitrogen and oxygen atoms in total. The van der Waals surface area contributed by atoms with Gasteiger partial charge in [-0.3, -0.25) is 0 Å². The third kappa shape index (κ3) is 5.48. The molecule has 0 aliphatic heterocycles.